The number of hydrogen-bond acceptors (Lipinski definition) is 4. The van der Waals surface area contributed by atoms with Gasteiger partial charge in [-0.2, -0.15) is 0 Å². The highest BCUT2D eigenvalue weighted by Crippen LogP contribution is 1.80. The van der Waals surface area contributed by atoms with E-state index in [9.17, 15) is 14.4 Å². The third-order valence-corrected chi connectivity index (χ3v) is 2.59. The number of carbonyl (C=O) groups is 2. The van der Waals surface area contributed by atoms with E-state index < -0.39 is 11.5 Å². The van der Waals surface area contributed by atoms with Crippen LogP contribution in [0.2, 0.25) is 0 Å². The minimum Gasteiger partial charge on any atom is -0.478 e. The molecule has 0 spiro atoms. The molecule has 0 atom stereocenters. The van der Waals surface area contributed by atoms with Gasteiger partial charge in [0.1, 0.15) is 9.20 Å². The third-order valence-electron chi connectivity index (χ3n) is 1.63. The van der Waals surface area contributed by atoms with Gasteiger partial charge in [0.2, 0.25) is 5.91 Å². The van der Waals surface area contributed by atoms with Crippen molar-refractivity contribution in [2.24, 2.45) is 0 Å². The van der Waals surface area contributed by atoms with Gasteiger partial charge in [0.25, 0.3) is 5.56 Å². The number of aliphatic carboxylic acids is 1. The molecular weight excluding hydrogens is 232 g/mol. The fraction of sp³-hybridized carbons (Fsp3) is 0.222. The highest BCUT2D eigenvalue weighted by Gasteiger charge is 2.01. The molecule has 0 unspecified atom stereocenters. The van der Waals surface area contributed by atoms with Crippen LogP contribution in [0, 0.1) is 0 Å². The first-order valence-electron chi connectivity index (χ1n) is 4.27. The number of carbonyl (C=O) groups excluding carboxylic acids is 1. The highest BCUT2D eigenvalue weighted by molar-refractivity contribution is 7.07. The zero-order valence-electron chi connectivity index (χ0n) is 8.68. The van der Waals surface area contributed by atoms with E-state index in [1.165, 1.54) is 11.0 Å². The Morgan fingerprint density at radius 2 is 2.00 bits per heavy atom. The molecule has 86 valence electrons. The summed E-state index contributed by atoms with van der Waals surface area (Å²) < 4.78 is 0.390. The Bertz CT molecular complexity index is 581. The van der Waals surface area contributed by atoms with E-state index >= 15 is 0 Å². The molecule has 0 radical (unpaired) electrons. The Balaban J connectivity index is 3.27. The van der Waals surface area contributed by atoms with Gasteiger partial charge < -0.3 is 15.0 Å². The van der Waals surface area contributed by atoms with E-state index in [0.29, 0.717) is 4.66 Å². The van der Waals surface area contributed by atoms with Crippen LogP contribution in [0.1, 0.15) is 0 Å². The van der Waals surface area contributed by atoms with Crippen molar-refractivity contribution in [1.82, 2.24) is 9.88 Å². The molecule has 7 heteroatoms. The number of carboxylic acid groups (broad SMARTS) is 1. The van der Waals surface area contributed by atoms with Crippen molar-refractivity contribution in [1.29, 1.82) is 0 Å². The SMILES string of the molecule is CN(C)C(=O)C=c1[nH]c(=O)c(=CC(=O)O)s1. The van der Waals surface area contributed by atoms with Gasteiger partial charge in [-0.3, -0.25) is 9.59 Å². The normalized spacial score (nSPS) is 12.9. The Morgan fingerprint density at radius 1 is 1.38 bits per heavy atom. The number of nitrogens with zero attached hydrogens (tertiary/aromatic N) is 1. The lowest BCUT2D eigenvalue weighted by atomic mass is 10.5. The molecule has 1 amide bonds. The second-order valence-electron chi connectivity index (χ2n) is 3.14. The van der Waals surface area contributed by atoms with Crippen LogP contribution >= 0.6 is 11.3 Å². The molecule has 6 nitrogen and oxygen atoms in total. The van der Waals surface area contributed by atoms with Gasteiger partial charge in [0.15, 0.2) is 0 Å². The zero-order valence-corrected chi connectivity index (χ0v) is 9.50. The van der Waals surface area contributed by atoms with Crippen molar-refractivity contribution in [3.8, 4) is 0 Å². The summed E-state index contributed by atoms with van der Waals surface area (Å²) in [7, 11) is 3.16. The number of rotatable bonds is 2. The predicted octanol–water partition coefficient (Wildman–Crippen LogP) is -1.83. The molecule has 1 aromatic heterocycles. The van der Waals surface area contributed by atoms with E-state index in [1.54, 1.807) is 14.1 Å². The van der Waals surface area contributed by atoms with Crippen LogP contribution in [0.3, 0.4) is 0 Å². The van der Waals surface area contributed by atoms with Gasteiger partial charge in [-0.15, -0.1) is 11.3 Å². The summed E-state index contributed by atoms with van der Waals surface area (Å²) in [6.45, 7) is 0. The molecule has 0 aliphatic carbocycles. The van der Waals surface area contributed by atoms with Crippen LogP contribution in [0.15, 0.2) is 4.79 Å². The average molecular weight is 242 g/mol. The van der Waals surface area contributed by atoms with Gasteiger partial charge in [0, 0.05) is 26.2 Å². The highest BCUT2D eigenvalue weighted by atomic mass is 32.1. The molecule has 0 saturated heterocycles. The quantitative estimate of drug-likeness (QED) is 0.638. The molecule has 2 N–H and O–H groups in total. The van der Waals surface area contributed by atoms with Crippen LogP contribution in [0.25, 0.3) is 12.2 Å². The Labute approximate surface area is 94.1 Å². The zero-order chi connectivity index (χ0) is 12.3. The lowest BCUT2D eigenvalue weighted by Gasteiger charge is -2.03. The minimum atomic E-state index is -1.20. The lowest BCUT2D eigenvalue weighted by molar-refractivity contribution is -0.129. The predicted molar refractivity (Wildman–Crippen MR) is 59.4 cm³/mol. The number of H-pyrrole nitrogens is 1. The number of thiazole rings is 1. The Kier molecular flexibility index (Phi) is 3.62. The molecule has 16 heavy (non-hydrogen) atoms. The van der Waals surface area contributed by atoms with E-state index in [1.807, 2.05) is 0 Å². The number of nitrogens with one attached hydrogen (secondary N) is 1. The van der Waals surface area contributed by atoms with Gasteiger partial charge in [-0.05, 0) is 0 Å². The summed E-state index contributed by atoms with van der Waals surface area (Å²) in [6.07, 6.45) is 2.05. The molecule has 0 aromatic carbocycles. The fourth-order valence-electron chi connectivity index (χ4n) is 0.878. The first kappa shape index (κ1) is 12.2. The van der Waals surface area contributed by atoms with E-state index in [2.05, 4.69) is 4.98 Å². The Hall–Kier alpha value is -1.89. The second-order valence-corrected chi connectivity index (χ2v) is 4.23. The van der Waals surface area contributed by atoms with E-state index in [0.717, 1.165) is 17.4 Å². The first-order chi connectivity index (χ1) is 7.40. The summed E-state index contributed by atoms with van der Waals surface area (Å²) in [6, 6.07) is 0. The third kappa shape index (κ3) is 3.06. The van der Waals surface area contributed by atoms with Crippen LogP contribution < -0.4 is 14.8 Å². The molecule has 0 saturated carbocycles. The second kappa shape index (κ2) is 4.75. The molecule has 0 fully saturated rings. The van der Waals surface area contributed by atoms with Gasteiger partial charge >= 0.3 is 5.97 Å². The maximum atomic E-state index is 11.3. The smallest absolute Gasteiger partial charge is 0.329 e. The molecule has 1 heterocycles. The van der Waals surface area contributed by atoms with E-state index in [4.69, 9.17) is 5.11 Å². The molecule has 0 aliphatic heterocycles. The van der Waals surface area contributed by atoms with Crippen molar-refractivity contribution in [2.45, 2.75) is 0 Å². The topological polar surface area (TPSA) is 90.5 Å². The van der Waals surface area contributed by atoms with Crippen molar-refractivity contribution in [2.75, 3.05) is 14.1 Å². The van der Waals surface area contributed by atoms with Crippen LogP contribution in [0.5, 0.6) is 0 Å². The summed E-state index contributed by atoms with van der Waals surface area (Å²) >= 11 is 0.926. The van der Waals surface area contributed by atoms with Crippen molar-refractivity contribution in [3.05, 3.63) is 19.5 Å². The number of aromatic nitrogens is 1. The van der Waals surface area contributed by atoms with Gasteiger partial charge in [-0.25, -0.2) is 4.79 Å². The van der Waals surface area contributed by atoms with Gasteiger partial charge in [0.05, 0.1) is 0 Å². The van der Waals surface area contributed by atoms with Crippen molar-refractivity contribution >= 4 is 35.4 Å². The molecule has 1 rings (SSSR count). The molecular formula is C9H10N2O4S. The van der Waals surface area contributed by atoms with Crippen molar-refractivity contribution < 1.29 is 14.7 Å². The maximum Gasteiger partial charge on any atom is 0.329 e. The summed E-state index contributed by atoms with van der Waals surface area (Å²) in [5.41, 5.74) is -0.509. The number of hydrogen-bond donors (Lipinski definition) is 2. The van der Waals surface area contributed by atoms with Crippen LogP contribution in [0.4, 0.5) is 0 Å². The minimum absolute atomic E-state index is 0.0605. The lowest BCUT2D eigenvalue weighted by Crippen LogP contribution is -2.23. The number of aromatic amines is 1. The maximum absolute atomic E-state index is 11.3. The summed E-state index contributed by atoms with van der Waals surface area (Å²) in [4.78, 5) is 36.6. The monoisotopic (exact) mass is 242 g/mol. The number of amides is 1. The first-order valence-corrected chi connectivity index (χ1v) is 5.08. The standard InChI is InChI=1S/C9H10N2O4S/c1-11(2)7(12)4-6-10-9(15)5(16-6)3-8(13)14/h3-4H,1-2H3,(H,10,15)(H,13,14). The summed E-state index contributed by atoms with van der Waals surface area (Å²) in [5, 5.41) is 8.48. The molecule has 0 aliphatic rings. The summed E-state index contributed by atoms with van der Waals surface area (Å²) in [5.74, 6) is -1.47. The molecule has 1 aromatic rings. The number of carboxylic acids is 1. The van der Waals surface area contributed by atoms with E-state index in [-0.39, 0.29) is 10.4 Å². The fourth-order valence-corrected chi connectivity index (χ4v) is 1.72. The van der Waals surface area contributed by atoms with Crippen molar-refractivity contribution in [3.63, 3.8) is 0 Å². The largest absolute Gasteiger partial charge is 0.478 e. The Morgan fingerprint density at radius 3 is 2.50 bits per heavy atom. The molecule has 0 bridgehead atoms. The van der Waals surface area contributed by atoms with Crippen LogP contribution in [-0.2, 0) is 9.59 Å². The van der Waals surface area contributed by atoms with Gasteiger partial charge in [-0.1, -0.05) is 0 Å². The average Bonchev–Trinajstić information content (AvgIpc) is 2.45. The van der Waals surface area contributed by atoms with Crippen LogP contribution in [-0.4, -0.2) is 41.0 Å².